The zero-order valence-corrected chi connectivity index (χ0v) is 10.9. The van der Waals surface area contributed by atoms with E-state index in [1.807, 2.05) is 12.2 Å². The van der Waals surface area contributed by atoms with Crippen LogP contribution >= 0.6 is 0 Å². The summed E-state index contributed by atoms with van der Waals surface area (Å²) in [6.07, 6.45) is 4.11. The highest BCUT2D eigenvalue weighted by Gasteiger charge is 2.55. The van der Waals surface area contributed by atoms with Crippen molar-refractivity contribution in [3.63, 3.8) is 0 Å². The van der Waals surface area contributed by atoms with Crippen molar-refractivity contribution in [2.24, 2.45) is 11.8 Å². The largest absolute Gasteiger partial charge is 0.343 e. The molecule has 0 saturated carbocycles. The first-order chi connectivity index (χ1) is 9.66. The third-order valence-electron chi connectivity index (χ3n) is 4.69. The molecular weight excluding hydrogens is 262 g/mol. The lowest BCUT2D eigenvalue weighted by Gasteiger charge is -2.32. The highest BCUT2D eigenvalue weighted by Crippen LogP contribution is 2.39. The fourth-order valence-electron chi connectivity index (χ4n) is 3.63. The van der Waals surface area contributed by atoms with Crippen molar-refractivity contribution in [2.45, 2.75) is 37.7 Å². The number of Topliss-reactive ketones (excluding diaryl/α,β-unsaturated/α-hetero) is 1. The van der Waals surface area contributed by atoms with Crippen molar-refractivity contribution in [1.29, 1.82) is 0 Å². The number of carbonyl (C=O) groups excluding carboxylic acids is 3. The van der Waals surface area contributed by atoms with Crippen molar-refractivity contribution < 1.29 is 23.9 Å². The second kappa shape index (κ2) is 4.23. The van der Waals surface area contributed by atoms with Crippen LogP contribution in [0.5, 0.6) is 0 Å². The average Bonchev–Trinajstić information content (AvgIpc) is 2.99. The van der Waals surface area contributed by atoms with Gasteiger partial charge in [-0.05, 0) is 12.8 Å². The van der Waals surface area contributed by atoms with Crippen molar-refractivity contribution in [3.8, 4) is 0 Å². The molecule has 0 aromatic rings. The van der Waals surface area contributed by atoms with E-state index in [0.717, 1.165) is 0 Å². The van der Waals surface area contributed by atoms with Crippen LogP contribution in [0.3, 0.4) is 0 Å². The number of hydrogen-bond donors (Lipinski definition) is 0. The van der Waals surface area contributed by atoms with Crippen LogP contribution in [0.1, 0.15) is 19.3 Å². The van der Waals surface area contributed by atoms with E-state index >= 15 is 0 Å². The Balaban J connectivity index is 1.64. The van der Waals surface area contributed by atoms with Gasteiger partial charge in [0.1, 0.15) is 6.10 Å². The van der Waals surface area contributed by atoms with Crippen molar-refractivity contribution >= 4 is 17.6 Å². The topological polar surface area (TPSA) is 72.9 Å². The van der Waals surface area contributed by atoms with Crippen LogP contribution in [-0.4, -0.2) is 47.5 Å². The van der Waals surface area contributed by atoms with Gasteiger partial charge in [0.2, 0.25) is 18.1 Å². The van der Waals surface area contributed by atoms with Gasteiger partial charge in [-0.25, -0.2) is 0 Å². The van der Waals surface area contributed by atoms with Gasteiger partial charge in [-0.1, -0.05) is 12.2 Å². The van der Waals surface area contributed by atoms with Crippen LogP contribution in [-0.2, 0) is 23.9 Å². The van der Waals surface area contributed by atoms with Gasteiger partial charge >= 0.3 is 0 Å². The van der Waals surface area contributed by atoms with Gasteiger partial charge in [-0.3, -0.25) is 19.3 Å². The van der Waals surface area contributed by atoms with Gasteiger partial charge in [0.05, 0.1) is 24.5 Å². The quantitative estimate of drug-likeness (QED) is 0.499. The molecule has 2 amide bonds. The molecular formula is C14H15NO5. The molecule has 20 heavy (non-hydrogen) atoms. The average molecular weight is 277 g/mol. The molecule has 4 aliphatic rings. The molecule has 3 aliphatic heterocycles. The van der Waals surface area contributed by atoms with Crippen LogP contribution in [0, 0.1) is 11.8 Å². The lowest BCUT2D eigenvalue weighted by atomic mass is 9.85. The lowest BCUT2D eigenvalue weighted by molar-refractivity contribution is -0.163. The number of imide groups is 1. The minimum Gasteiger partial charge on any atom is -0.343 e. The third-order valence-corrected chi connectivity index (χ3v) is 4.69. The SMILES string of the molecule is O=C1C[C@H](N2C(=O)[C@H]3CC=CC[C@H]3C2=O)[C@H]2CO[C@@H]1O2. The maximum absolute atomic E-state index is 12.5. The maximum atomic E-state index is 12.5. The molecule has 0 unspecified atom stereocenters. The molecule has 0 aromatic heterocycles. The van der Waals surface area contributed by atoms with Crippen molar-refractivity contribution in [1.82, 2.24) is 4.90 Å². The molecule has 5 atom stereocenters. The number of nitrogens with zero attached hydrogens (tertiary/aromatic N) is 1. The van der Waals surface area contributed by atoms with Crippen LogP contribution in [0.4, 0.5) is 0 Å². The number of rotatable bonds is 1. The van der Waals surface area contributed by atoms with E-state index in [9.17, 15) is 14.4 Å². The van der Waals surface area contributed by atoms with Crippen molar-refractivity contribution in [3.05, 3.63) is 12.2 Å². The van der Waals surface area contributed by atoms with Crippen molar-refractivity contribution in [2.75, 3.05) is 6.61 Å². The number of carbonyl (C=O) groups is 3. The van der Waals surface area contributed by atoms with Gasteiger partial charge < -0.3 is 9.47 Å². The van der Waals surface area contributed by atoms with Gasteiger partial charge in [0.15, 0.2) is 5.78 Å². The number of amides is 2. The minimum absolute atomic E-state index is 0.152. The molecule has 0 spiro atoms. The molecule has 6 nitrogen and oxygen atoms in total. The number of allylic oxidation sites excluding steroid dienone is 2. The number of hydrogen-bond acceptors (Lipinski definition) is 5. The Bertz CT molecular complexity index is 502. The molecule has 0 radical (unpaired) electrons. The predicted molar refractivity (Wildman–Crippen MR) is 65.2 cm³/mol. The third kappa shape index (κ3) is 1.55. The fraction of sp³-hybridized carbons (Fsp3) is 0.643. The molecule has 2 bridgehead atoms. The van der Waals surface area contributed by atoms with E-state index in [2.05, 4.69) is 0 Å². The first-order valence-electron chi connectivity index (χ1n) is 6.98. The summed E-state index contributed by atoms with van der Waals surface area (Å²) in [5, 5.41) is 0. The highest BCUT2D eigenvalue weighted by atomic mass is 16.7. The second-order valence-electron chi connectivity index (χ2n) is 5.78. The summed E-state index contributed by atoms with van der Waals surface area (Å²) in [7, 11) is 0. The number of fused-ring (bicyclic) bond motifs is 3. The van der Waals surface area contributed by atoms with E-state index in [4.69, 9.17) is 9.47 Å². The summed E-state index contributed by atoms with van der Waals surface area (Å²) in [5.74, 6) is -1.02. The van der Waals surface area contributed by atoms with Gasteiger partial charge in [0, 0.05) is 6.42 Å². The van der Waals surface area contributed by atoms with E-state index in [0.29, 0.717) is 12.8 Å². The highest BCUT2D eigenvalue weighted by molar-refractivity contribution is 6.06. The zero-order chi connectivity index (χ0) is 13.9. The van der Waals surface area contributed by atoms with Gasteiger partial charge in [0.25, 0.3) is 0 Å². The van der Waals surface area contributed by atoms with Crippen LogP contribution in [0.15, 0.2) is 12.2 Å². The van der Waals surface area contributed by atoms with Crippen LogP contribution in [0.2, 0.25) is 0 Å². The first-order valence-corrected chi connectivity index (χ1v) is 6.98. The molecule has 106 valence electrons. The summed E-state index contributed by atoms with van der Waals surface area (Å²) in [6, 6.07) is -0.494. The molecule has 3 fully saturated rings. The Labute approximate surface area is 115 Å². The maximum Gasteiger partial charge on any atom is 0.233 e. The molecule has 3 saturated heterocycles. The standard InChI is InChI=1S/C14H15NO5/c16-10-5-9(11-6-19-14(10)20-11)15-12(17)7-3-1-2-4-8(7)13(15)18/h1-2,7-9,11,14H,3-6H2/t7-,8+,9-,11+,14+/m0/s1. The Morgan fingerprint density at radius 1 is 1.05 bits per heavy atom. The summed E-state index contributed by atoms with van der Waals surface area (Å²) in [5.41, 5.74) is 0. The summed E-state index contributed by atoms with van der Waals surface area (Å²) in [6.45, 7) is 0.270. The monoisotopic (exact) mass is 277 g/mol. The second-order valence-corrected chi connectivity index (χ2v) is 5.78. The first kappa shape index (κ1) is 12.2. The summed E-state index contributed by atoms with van der Waals surface area (Å²) in [4.78, 5) is 38.1. The minimum atomic E-state index is -0.798. The van der Waals surface area contributed by atoms with E-state index in [1.165, 1.54) is 4.90 Å². The molecule has 0 N–H and O–H groups in total. The Morgan fingerprint density at radius 3 is 2.35 bits per heavy atom. The molecule has 6 heteroatoms. The van der Waals surface area contributed by atoms with E-state index < -0.39 is 12.3 Å². The molecule has 3 heterocycles. The molecule has 0 aromatic carbocycles. The molecule has 4 rings (SSSR count). The summed E-state index contributed by atoms with van der Waals surface area (Å²) >= 11 is 0. The smallest absolute Gasteiger partial charge is 0.233 e. The summed E-state index contributed by atoms with van der Waals surface area (Å²) < 4.78 is 10.7. The van der Waals surface area contributed by atoms with Gasteiger partial charge in [-0.15, -0.1) is 0 Å². The fourth-order valence-corrected chi connectivity index (χ4v) is 3.63. The predicted octanol–water partition coefficient (Wildman–Crippen LogP) is 0.0205. The van der Waals surface area contributed by atoms with E-state index in [1.54, 1.807) is 0 Å². The Hall–Kier alpha value is -1.53. The normalized spacial score (nSPS) is 43.3. The molecule has 1 aliphatic carbocycles. The number of likely N-dealkylation sites (tertiary alicyclic amines) is 1. The van der Waals surface area contributed by atoms with E-state index in [-0.39, 0.29) is 48.6 Å². The Morgan fingerprint density at radius 2 is 1.70 bits per heavy atom. The van der Waals surface area contributed by atoms with Gasteiger partial charge in [-0.2, -0.15) is 0 Å². The number of ketones is 1. The number of ether oxygens (including phenoxy) is 2. The lowest BCUT2D eigenvalue weighted by Crippen LogP contribution is -2.52. The zero-order valence-electron chi connectivity index (χ0n) is 10.9. The Kier molecular flexibility index (Phi) is 2.59. The van der Waals surface area contributed by atoms with Crippen LogP contribution < -0.4 is 0 Å². The van der Waals surface area contributed by atoms with Crippen LogP contribution in [0.25, 0.3) is 0 Å².